The summed E-state index contributed by atoms with van der Waals surface area (Å²) < 4.78 is 42.6. The lowest BCUT2D eigenvalue weighted by atomic mass is 10.2. The van der Waals surface area contributed by atoms with Crippen LogP contribution in [-0.2, 0) is 9.53 Å². The molecule has 0 saturated carbocycles. The quantitative estimate of drug-likeness (QED) is 0.698. The molecule has 1 atom stereocenters. The van der Waals surface area contributed by atoms with Gasteiger partial charge in [0.1, 0.15) is 6.04 Å². The molecule has 0 fully saturated rings. The van der Waals surface area contributed by atoms with Crippen molar-refractivity contribution in [2.45, 2.75) is 58.9 Å². The Hall–Kier alpha value is -0.820. The first-order valence-electron chi connectivity index (χ1n) is 6.80. The molecule has 4 nitrogen and oxygen atoms in total. The molecule has 20 heavy (non-hydrogen) atoms. The zero-order chi connectivity index (χ0) is 15.9. The lowest BCUT2D eigenvalue weighted by molar-refractivity contribution is -0.156. The molecule has 0 spiro atoms. The zero-order valence-electron chi connectivity index (χ0n) is 12.8. The van der Waals surface area contributed by atoms with Gasteiger partial charge in [0.25, 0.3) is 0 Å². The number of rotatable bonds is 8. The minimum Gasteiger partial charge on any atom is -0.465 e. The van der Waals surface area contributed by atoms with Gasteiger partial charge in [-0.05, 0) is 20.8 Å². The maximum absolute atomic E-state index is 12.5. The average Bonchev–Trinajstić information content (AvgIpc) is 2.24. The molecule has 0 bridgehead atoms. The van der Waals surface area contributed by atoms with Crippen molar-refractivity contribution in [1.82, 2.24) is 10.2 Å². The Morgan fingerprint density at radius 1 is 1.25 bits per heavy atom. The highest BCUT2D eigenvalue weighted by Crippen LogP contribution is 2.18. The molecule has 0 aliphatic rings. The second-order valence-electron chi connectivity index (χ2n) is 5.26. The van der Waals surface area contributed by atoms with E-state index in [1.807, 2.05) is 13.8 Å². The minimum atomic E-state index is -4.29. The number of hydrogen-bond donors (Lipinski definition) is 1. The summed E-state index contributed by atoms with van der Waals surface area (Å²) in [7, 11) is 0. The molecule has 120 valence electrons. The highest BCUT2D eigenvalue weighted by atomic mass is 19.4. The van der Waals surface area contributed by atoms with Crippen molar-refractivity contribution in [2.75, 3.05) is 19.7 Å². The van der Waals surface area contributed by atoms with Gasteiger partial charge in [0.15, 0.2) is 0 Å². The number of alkyl halides is 3. The van der Waals surface area contributed by atoms with Crippen LogP contribution in [0.4, 0.5) is 13.2 Å². The summed E-state index contributed by atoms with van der Waals surface area (Å²) in [6.45, 7) is 7.79. The second-order valence-corrected chi connectivity index (χ2v) is 5.26. The summed E-state index contributed by atoms with van der Waals surface area (Å²) in [4.78, 5) is 13.0. The first kappa shape index (κ1) is 19.2. The fraction of sp³-hybridized carbons (Fsp3) is 0.923. The van der Waals surface area contributed by atoms with E-state index in [1.165, 1.54) is 4.90 Å². The van der Waals surface area contributed by atoms with Gasteiger partial charge in [-0.3, -0.25) is 9.69 Å². The number of nitrogens with one attached hydrogen (secondary N) is 1. The van der Waals surface area contributed by atoms with E-state index in [0.29, 0.717) is 0 Å². The Bertz CT molecular complexity index is 294. The maximum Gasteiger partial charge on any atom is 0.401 e. The van der Waals surface area contributed by atoms with Crippen LogP contribution in [0.2, 0.25) is 0 Å². The van der Waals surface area contributed by atoms with Crippen molar-refractivity contribution in [3.8, 4) is 0 Å². The molecule has 0 aromatic carbocycles. The largest absolute Gasteiger partial charge is 0.465 e. The second kappa shape index (κ2) is 8.46. The van der Waals surface area contributed by atoms with Gasteiger partial charge in [0.05, 0.1) is 13.2 Å². The van der Waals surface area contributed by atoms with E-state index in [1.54, 1.807) is 20.8 Å². The zero-order valence-corrected chi connectivity index (χ0v) is 12.8. The molecular formula is C13H25F3N2O2. The Morgan fingerprint density at radius 2 is 1.80 bits per heavy atom. The van der Waals surface area contributed by atoms with Crippen molar-refractivity contribution in [2.24, 2.45) is 0 Å². The predicted molar refractivity (Wildman–Crippen MR) is 71.5 cm³/mol. The molecule has 0 aliphatic carbocycles. The molecule has 1 N–H and O–H groups in total. The Labute approximate surface area is 118 Å². The van der Waals surface area contributed by atoms with Crippen molar-refractivity contribution in [3.63, 3.8) is 0 Å². The van der Waals surface area contributed by atoms with E-state index < -0.39 is 24.7 Å². The number of carbonyl (C=O) groups excluding carboxylic acids is 1. The number of halogens is 3. The fourth-order valence-corrected chi connectivity index (χ4v) is 1.76. The Balaban J connectivity index is 4.83. The molecule has 0 radical (unpaired) electrons. The van der Waals surface area contributed by atoms with Gasteiger partial charge in [0, 0.05) is 18.6 Å². The van der Waals surface area contributed by atoms with Crippen molar-refractivity contribution in [1.29, 1.82) is 0 Å². The molecule has 0 aromatic heterocycles. The van der Waals surface area contributed by atoms with E-state index >= 15 is 0 Å². The van der Waals surface area contributed by atoms with Crippen LogP contribution >= 0.6 is 0 Å². The fourth-order valence-electron chi connectivity index (χ4n) is 1.76. The van der Waals surface area contributed by atoms with Crippen LogP contribution in [0.1, 0.15) is 34.6 Å². The summed E-state index contributed by atoms with van der Waals surface area (Å²) in [6.07, 6.45) is -4.29. The summed E-state index contributed by atoms with van der Waals surface area (Å²) >= 11 is 0. The minimum absolute atomic E-state index is 0.0238. The maximum atomic E-state index is 12.5. The summed E-state index contributed by atoms with van der Waals surface area (Å²) in [5.74, 6) is -0.519. The molecular weight excluding hydrogens is 273 g/mol. The van der Waals surface area contributed by atoms with Gasteiger partial charge < -0.3 is 10.1 Å². The van der Waals surface area contributed by atoms with Crippen molar-refractivity contribution in [3.05, 3.63) is 0 Å². The van der Waals surface area contributed by atoms with Gasteiger partial charge >= 0.3 is 12.1 Å². The van der Waals surface area contributed by atoms with Gasteiger partial charge in [-0.15, -0.1) is 0 Å². The van der Waals surface area contributed by atoms with E-state index in [4.69, 9.17) is 4.74 Å². The highest BCUT2D eigenvalue weighted by molar-refractivity contribution is 5.76. The van der Waals surface area contributed by atoms with E-state index in [9.17, 15) is 18.0 Å². The van der Waals surface area contributed by atoms with Crippen LogP contribution in [0.5, 0.6) is 0 Å². The third-order valence-electron chi connectivity index (χ3n) is 2.64. The average molecular weight is 298 g/mol. The molecule has 0 aliphatic heterocycles. The third-order valence-corrected chi connectivity index (χ3v) is 2.64. The van der Waals surface area contributed by atoms with Gasteiger partial charge in [-0.1, -0.05) is 13.8 Å². The molecule has 0 amide bonds. The lowest BCUT2D eigenvalue weighted by Crippen LogP contribution is -2.52. The van der Waals surface area contributed by atoms with Crippen molar-refractivity contribution >= 4 is 5.97 Å². The predicted octanol–water partition coefficient (Wildman–Crippen LogP) is 2.19. The van der Waals surface area contributed by atoms with Crippen molar-refractivity contribution < 1.29 is 22.7 Å². The van der Waals surface area contributed by atoms with Crippen LogP contribution < -0.4 is 5.32 Å². The van der Waals surface area contributed by atoms with Crippen LogP contribution in [-0.4, -0.2) is 54.9 Å². The normalized spacial score (nSPS) is 14.2. The first-order chi connectivity index (χ1) is 9.06. The van der Waals surface area contributed by atoms with Crippen LogP contribution in [0.15, 0.2) is 0 Å². The Kier molecular flexibility index (Phi) is 8.12. The molecule has 0 heterocycles. The topological polar surface area (TPSA) is 41.6 Å². The van der Waals surface area contributed by atoms with Crippen LogP contribution in [0, 0.1) is 0 Å². The van der Waals surface area contributed by atoms with Crippen LogP contribution in [0.25, 0.3) is 0 Å². The van der Waals surface area contributed by atoms with Gasteiger partial charge in [-0.2, -0.15) is 13.2 Å². The van der Waals surface area contributed by atoms with E-state index in [-0.39, 0.29) is 25.2 Å². The number of nitrogens with zero attached hydrogens (tertiary/aromatic N) is 1. The summed E-state index contributed by atoms with van der Waals surface area (Å²) in [5, 5.41) is 2.95. The first-order valence-corrected chi connectivity index (χ1v) is 6.80. The lowest BCUT2D eigenvalue weighted by Gasteiger charge is -2.31. The number of carbonyl (C=O) groups is 1. The number of hydrogen-bond acceptors (Lipinski definition) is 4. The van der Waals surface area contributed by atoms with E-state index in [2.05, 4.69) is 5.32 Å². The third kappa shape index (κ3) is 8.37. The smallest absolute Gasteiger partial charge is 0.401 e. The molecule has 1 unspecified atom stereocenters. The number of ether oxygens (including phenoxy) is 1. The standard InChI is InChI=1S/C13H25F3N2O2/c1-6-20-12(19)11(17-9(2)3)7-18(10(4)5)8-13(14,15)16/h9-11,17H,6-8H2,1-5H3. The molecule has 7 heteroatoms. The van der Waals surface area contributed by atoms with Crippen LogP contribution in [0.3, 0.4) is 0 Å². The molecule has 0 saturated heterocycles. The monoisotopic (exact) mass is 298 g/mol. The molecule has 0 aromatic rings. The SMILES string of the molecule is CCOC(=O)C(CN(CC(F)(F)F)C(C)C)NC(C)C. The summed E-state index contributed by atoms with van der Waals surface area (Å²) in [5.41, 5.74) is 0. The Morgan fingerprint density at radius 3 is 2.15 bits per heavy atom. The molecule has 0 rings (SSSR count). The highest BCUT2D eigenvalue weighted by Gasteiger charge is 2.34. The number of esters is 1. The van der Waals surface area contributed by atoms with E-state index in [0.717, 1.165) is 0 Å². The van der Waals surface area contributed by atoms with Gasteiger partial charge in [-0.25, -0.2) is 0 Å². The van der Waals surface area contributed by atoms with Gasteiger partial charge in [0.2, 0.25) is 0 Å². The summed E-state index contributed by atoms with van der Waals surface area (Å²) in [6, 6.07) is -1.11.